The average Bonchev–Trinajstić information content (AvgIpc) is 1.64. The SMILES string of the molecule is O=S(=O)(C[O-])C(F)(F)F. The van der Waals surface area contributed by atoms with Gasteiger partial charge >= 0.3 is 5.51 Å². The van der Waals surface area contributed by atoms with Gasteiger partial charge < -0.3 is 5.11 Å². The Hall–Kier alpha value is -0.300. The molecule has 0 atom stereocenters. The minimum atomic E-state index is -5.39. The highest BCUT2D eigenvalue weighted by Crippen LogP contribution is 2.21. The second-order valence-corrected chi connectivity index (χ2v) is 3.11. The van der Waals surface area contributed by atoms with Crippen LogP contribution in [0.1, 0.15) is 0 Å². The van der Waals surface area contributed by atoms with E-state index in [0.717, 1.165) is 0 Å². The van der Waals surface area contributed by atoms with E-state index in [4.69, 9.17) is 0 Å². The van der Waals surface area contributed by atoms with Crippen LogP contribution >= 0.6 is 0 Å². The van der Waals surface area contributed by atoms with E-state index in [0.29, 0.717) is 0 Å². The van der Waals surface area contributed by atoms with Crippen LogP contribution in [-0.4, -0.2) is 19.9 Å². The van der Waals surface area contributed by atoms with E-state index in [1.807, 2.05) is 0 Å². The summed E-state index contributed by atoms with van der Waals surface area (Å²) in [5, 5.41) is 9.29. The van der Waals surface area contributed by atoms with Crippen molar-refractivity contribution >= 4 is 9.84 Å². The van der Waals surface area contributed by atoms with E-state index in [1.165, 1.54) is 0 Å². The molecule has 56 valence electrons. The van der Waals surface area contributed by atoms with Gasteiger partial charge in [-0.15, -0.1) is 0 Å². The standard InChI is InChI=1S/C2H2F3O3S/c3-2(4,5)9(7,8)1-6/h1H2/q-1. The van der Waals surface area contributed by atoms with Gasteiger partial charge in [-0.1, -0.05) is 0 Å². The van der Waals surface area contributed by atoms with Gasteiger partial charge in [-0.05, 0) is 5.94 Å². The van der Waals surface area contributed by atoms with E-state index in [9.17, 15) is 26.7 Å². The van der Waals surface area contributed by atoms with Gasteiger partial charge in [-0.3, -0.25) is 0 Å². The zero-order chi connectivity index (χ0) is 7.71. The predicted octanol–water partition coefficient (Wildman–Crippen LogP) is -0.761. The fourth-order valence-corrected chi connectivity index (χ4v) is 0.200. The lowest BCUT2D eigenvalue weighted by Gasteiger charge is -2.08. The number of halogens is 3. The molecule has 0 aromatic carbocycles. The van der Waals surface area contributed by atoms with Crippen molar-refractivity contribution in [1.29, 1.82) is 0 Å². The zero-order valence-corrected chi connectivity index (χ0v) is 4.79. The molecule has 0 heterocycles. The molecule has 9 heavy (non-hydrogen) atoms. The number of sulfone groups is 1. The van der Waals surface area contributed by atoms with Crippen molar-refractivity contribution in [1.82, 2.24) is 0 Å². The third-order valence-corrected chi connectivity index (χ3v) is 1.52. The maximum atomic E-state index is 11.0. The quantitative estimate of drug-likeness (QED) is 0.510. The molecule has 0 unspecified atom stereocenters. The van der Waals surface area contributed by atoms with Crippen LogP contribution in [0.5, 0.6) is 0 Å². The Morgan fingerprint density at radius 2 is 1.67 bits per heavy atom. The molecule has 7 heteroatoms. The molecule has 0 aliphatic rings. The van der Waals surface area contributed by atoms with Crippen molar-refractivity contribution in [3.63, 3.8) is 0 Å². The Kier molecular flexibility index (Phi) is 2.07. The molecule has 0 rings (SSSR count). The molecule has 0 aromatic heterocycles. The van der Waals surface area contributed by atoms with Gasteiger partial charge in [0.2, 0.25) is 9.84 Å². The molecule has 0 N–H and O–H groups in total. The molecule has 0 saturated carbocycles. The molecular formula is C2H2F3O3S-. The number of hydrogen-bond donors (Lipinski definition) is 0. The molecule has 0 aromatic rings. The maximum Gasteiger partial charge on any atom is 0.496 e. The van der Waals surface area contributed by atoms with Crippen molar-refractivity contribution in [2.45, 2.75) is 5.51 Å². The van der Waals surface area contributed by atoms with Crippen LogP contribution in [0, 0.1) is 0 Å². The summed E-state index contributed by atoms with van der Waals surface area (Å²) in [4.78, 5) is 0. The summed E-state index contributed by atoms with van der Waals surface area (Å²) in [7, 11) is -5.39. The van der Waals surface area contributed by atoms with Crippen LogP contribution in [-0.2, 0) is 9.84 Å². The van der Waals surface area contributed by atoms with E-state index in [1.54, 1.807) is 0 Å². The van der Waals surface area contributed by atoms with Crippen molar-refractivity contribution in [3.05, 3.63) is 0 Å². The normalized spacial score (nSPS) is 13.8. The lowest BCUT2D eigenvalue weighted by atomic mass is 11.5. The number of hydrogen-bond acceptors (Lipinski definition) is 3. The predicted molar refractivity (Wildman–Crippen MR) is 19.8 cm³/mol. The molecule has 0 spiro atoms. The van der Waals surface area contributed by atoms with E-state index in [-0.39, 0.29) is 0 Å². The Morgan fingerprint density at radius 3 is 1.67 bits per heavy atom. The molecule has 0 aliphatic heterocycles. The second-order valence-electron chi connectivity index (χ2n) is 1.18. The average molecular weight is 163 g/mol. The Morgan fingerprint density at radius 1 is 1.33 bits per heavy atom. The van der Waals surface area contributed by atoms with Gasteiger partial charge in [0, 0.05) is 0 Å². The van der Waals surface area contributed by atoms with Crippen LogP contribution in [0.4, 0.5) is 13.2 Å². The summed E-state index contributed by atoms with van der Waals surface area (Å²) < 4.78 is 52.3. The topological polar surface area (TPSA) is 57.2 Å². The summed E-state index contributed by atoms with van der Waals surface area (Å²) in [5.74, 6) is -2.14. The third kappa shape index (κ3) is 1.83. The lowest BCUT2D eigenvalue weighted by Crippen LogP contribution is -2.31. The first kappa shape index (κ1) is 8.70. The first-order chi connectivity index (χ1) is 3.81. The smallest absolute Gasteiger partial charge is 0.496 e. The van der Waals surface area contributed by atoms with Gasteiger partial charge in [-0.25, -0.2) is 8.42 Å². The molecule has 0 radical (unpaired) electrons. The number of rotatable bonds is 1. The minimum absolute atomic E-state index is 2.14. The van der Waals surface area contributed by atoms with Crippen LogP contribution in [0.15, 0.2) is 0 Å². The Bertz CT molecular complexity index is 178. The van der Waals surface area contributed by atoms with E-state index in [2.05, 4.69) is 0 Å². The fourth-order valence-electron chi connectivity index (χ4n) is 0.0668. The highest BCUT2D eigenvalue weighted by Gasteiger charge is 2.42. The molecule has 0 fully saturated rings. The summed E-state index contributed by atoms with van der Waals surface area (Å²) in [6.45, 7) is 0. The van der Waals surface area contributed by atoms with Crippen molar-refractivity contribution in [3.8, 4) is 0 Å². The summed E-state index contributed by atoms with van der Waals surface area (Å²) >= 11 is 0. The Balaban J connectivity index is 4.57. The highest BCUT2D eigenvalue weighted by atomic mass is 32.2. The first-order valence-corrected chi connectivity index (χ1v) is 3.33. The largest absolute Gasteiger partial charge is 0.843 e. The molecule has 0 amide bonds. The highest BCUT2D eigenvalue weighted by molar-refractivity contribution is 7.92. The zero-order valence-electron chi connectivity index (χ0n) is 3.97. The molecule has 0 aliphatic carbocycles. The molecule has 3 nitrogen and oxygen atoms in total. The molecule has 0 bridgehead atoms. The van der Waals surface area contributed by atoms with Crippen molar-refractivity contribution < 1.29 is 26.7 Å². The third-order valence-electron chi connectivity index (χ3n) is 0.508. The molecule has 0 saturated heterocycles. The number of alkyl halides is 3. The minimum Gasteiger partial charge on any atom is -0.843 e. The van der Waals surface area contributed by atoms with Crippen LogP contribution < -0.4 is 5.11 Å². The van der Waals surface area contributed by atoms with Crippen LogP contribution in [0.3, 0.4) is 0 Å². The monoisotopic (exact) mass is 163 g/mol. The lowest BCUT2D eigenvalue weighted by molar-refractivity contribution is -0.342. The first-order valence-electron chi connectivity index (χ1n) is 1.68. The maximum absolute atomic E-state index is 11.0. The van der Waals surface area contributed by atoms with Gasteiger partial charge in [-0.2, -0.15) is 13.2 Å². The second kappa shape index (κ2) is 2.14. The van der Waals surface area contributed by atoms with Crippen molar-refractivity contribution in [2.24, 2.45) is 0 Å². The fraction of sp³-hybridized carbons (Fsp3) is 1.00. The van der Waals surface area contributed by atoms with Crippen LogP contribution in [0.2, 0.25) is 0 Å². The van der Waals surface area contributed by atoms with E-state index >= 15 is 0 Å². The summed E-state index contributed by atoms with van der Waals surface area (Å²) in [5.41, 5.74) is -5.39. The van der Waals surface area contributed by atoms with Gasteiger partial charge in [0.05, 0.1) is 0 Å². The molecular weight excluding hydrogens is 161 g/mol. The van der Waals surface area contributed by atoms with E-state index < -0.39 is 21.3 Å². The van der Waals surface area contributed by atoms with Crippen LogP contribution in [0.25, 0.3) is 0 Å². The van der Waals surface area contributed by atoms with Gasteiger partial charge in [0.1, 0.15) is 0 Å². The Labute approximate surface area is 49.0 Å². The van der Waals surface area contributed by atoms with Gasteiger partial charge in [0.15, 0.2) is 0 Å². The van der Waals surface area contributed by atoms with Gasteiger partial charge in [0.25, 0.3) is 0 Å². The summed E-state index contributed by atoms with van der Waals surface area (Å²) in [6.07, 6.45) is 0. The van der Waals surface area contributed by atoms with Crippen molar-refractivity contribution in [2.75, 3.05) is 5.94 Å². The summed E-state index contributed by atoms with van der Waals surface area (Å²) in [6, 6.07) is 0.